The van der Waals surface area contributed by atoms with Crippen LogP contribution in [0.3, 0.4) is 0 Å². The number of benzene rings is 1. The molecule has 0 unspecified atom stereocenters. The Kier molecular flexibility index (Phi) is 5.32. The summed E-state index contributed by atoms with van der Waals surface area (Å²) in [6, 6.07) is 10.7. The minimum Gasteiger partial charge on any atom is -0.483 e. The molecule has 0 saturated heterocycles. The van der Waals surface area contributed by atoms with Crippen LogP contribution in [0.25, 0.3) is 0 Å². The molecule has 1 aliphatic carbocycles. The molecule has 1 aliphatic rings. The zero-order chi connectivity index (χ0) is 19.3. The first-order valence-corrected chi connectivity index (χ1v) is 9.43. The van der Waals surface area contributed by atoms with Crippen LogP contribution in [0.4, 0.5) is 10.5 Å². The average Bonchev–Trinajstić information content (AvgIpc) is 3.37. The number of rotatable bonds is 6. The van der Waals surface area contributed by atoms with E-state index in [1.165, 1.54) is 0 Å². The normalized spacial score (nSPS) is 13.0. The number of aromatic nitrogens is 1. The van der Waals surface area contributed by atoms with E-state index in [4.69, 9.17) is 13.7 Å². The Morgan fingerprint density at radius 1 is 1.21 bits per heavy atom. The van der Waals surface area contributed by atoms with Crippen molar-refractivity contribution in [2.45, 2.75) is 38.8 Å². The van der Waals surface area contributed by atoms with Crippen LogP contribution in [0.2, 0.25) is 0 Å². The van der Waals surface area contributed by atoms with Gasteiger partial charge in [0.05, 0.1) is 18.5 Å². The summed E-state index contributed by atoms with van der Waals surface area (Å²) >= 11 is 0. The quantitative estimate of drug-likeness (QED) is 0.685. The highest BCUT2D eigenvalue weighted by atomic mass is 16.5. The van der Waals surface area contributed by atoms with Crippen molar-refractivity contribution in [2.75, 3.05) is 12.4 Å². The molecular formula is C21H23N3O4. The number of carbonyl (C=O) groups excluding carboxylic acids is 1. The van der Waals surface area contributed by atoms with Gasteiger partial charge in [-0.1, -0.05) is 17.3 Å². The van der Waals surface area contributed by atoms with Crippen molar-refractivity contribution in [1.29, 1.82) is 0 Å². The zero-order valence-corrected chi connectivity index (χ0v) is 15.8. The van der Waals surface area contributed by atoms with Gasteiger partial charge in [0.15, 0.2) is 0 Å². The van der Waals surface area contributed by atoms with Gasteiger partial charge in [0.2, 0.25) is 0 Å². The van der Waals surface area contributed by atoms with Crippen molar-refractivity contribution >= 4 is 11.7 Å². The Hall–Kier alpha value is -3.22. The molecule has 0 radical (unpaired) electrons. The maximum Gasteiger partial charge on any atom is 0.322 e. The molecule has 1 aromatic carbocycles. The number of furan rings is 1. The van der Waals surface area contributed by atoms with E-state index < -0.39 is 0 Å². The molecule has 7 heteroatoms. The number of aryl methyl sites for hydroxylation is 1. The summed E-state index contributed by atoms with van der Waals surface area (Å²) in [6.45, 7) is 0.695. The summed E-state index contributed by atoms with van der Waals surface area (Å²) < 4.78 is 16.5. The lowest BCUT2D eigenvalue weighted by Crippen LogP contribution is -2.31. The number of hydrogen-bond donors (Lipinski definition) is 1. The van der Waals surface area contributed by atoms with E-state index in [1.54, 1.807) is 24.3 Å². The molecule has 146 valence electrons. The number of para-hydroxylation sites is 2. The van der Waals surface area contributed by atoms with Gasteiger partial charge in [-0.25, -0.2) is 4.79 Å². The van der Waals surface area contributed by atoms with E-state index in [1.807, 2.05) is 30.3 Å². The molecule has 0 atom stereocenters. The molecule has 2 aromatic heterocycles. The van der Waals surface area contributed by atoms with Gasteiger partial charge in [0.1, 0.15) is 29.6 Å². The number of fused-ring (bicyclic) bond motifs is 1. The van der Waals surface area contributed by atoms with Crippen molar-refractivity contribution in [3.63, 3.8) is 0 Å². The van der Waals surface area contributed by atoms with Gasteiger partial charge in [-0.05, 0) is 43.5 Å². The molecule has 0 fully saturated rings. The van der Waals surface area contributed by atoms with Crippen molar-refractivity contribution < 1.29 is 18.5 Å². The number of ether oxygens (including phenoxy) is 1. The van der Waals surface area contributed by atoms with E-state index in [-0.39, 0.29) is 6.03 Å². The fraction of sp³-hybridized carbons (Fsp3) is 0.333. The average molecular weight is 381 g/mol. The molecular weight excluding hydrogens is 358 g/mol. The molecule has 0 spiro atoms. The highest BCUT2D eigenvalue weighted by Gasteiger charge is 2.22. The smallest absolute Gasteiger partial charge is 0.322 e. The van der Waals surface area contributed by atoms with Gasteiger partial charge in [0, 0.05) is 19.0 Å². The summed E-state index contributed by atoms with van der Waals surface area (Å²) in [4.78, 5) is 14.3. The molecule has 0 aliphatic heterocycles. The van der Waals surface area contributed by atoms with Crippen LogP contribution in [0.5, 0.6) is 5.75 Å². The number of amides is 2. The number of nitrogens with one attached hydrogen (secondary N) is 1. The first-order valence-electron chi connectivity index (χ1n) is 9.43. The van der Waals surface area contributed by atoms with Gasteiger partial charge >= 0.3 is 6.03 Å². The van der Waals surface area contributed by atoms with E-state index in [2.05, 4.69) is 10.5 Å². The van der Waals surface area contributed by atoms with Gasteiger partial charge < -0.3 is 23.9 Å². The SMILES string of the molecule is CN(Cc1noc2c1CCCC2)C(=O)Nc1ccccc1OCc1ccco1. The molecule has 2 heterocycles. The predicted octanol–water partition coefficient (Wildman–Crippen LogP) is 4.39. The van der Waals surface area contributed by atoms with Crippen LogP contribution >= 0.6 is 0 Å². The molecule has 7 nitrogen and oxygen atoms in total. The first-order chi connectivity index (χ1) is 13.7. The number of nitrogens with zero attached hydrogens (tertiary/aromatic N) is 2. The third-order valence-electron chi connectivity index (χ3n) is 4.84. The topological polar surface area (TPSA) is 80.7 Å². The van der Waals surface area contributed by atoms with Gasteiger partial charge in [0.25, 0.3) is 0 Å². The fourth-order valence-electron chi connectivity index (χ4n) is 3.32. The molecule has 0 bridgehead atoms. The maximum atomic E-state index is 12.7. The Morgan fingerprint density at radius 2 is 2.07 bits per heavy atom. The minimum absolute atomic E-state index is 0.235. The number of hydrogen-bond acceptors (Lipinski definition) is 5. The van der Waals surface area contributed by atoms with Gasteiger partial charge in [-0.3, -0.25) is 0 Å². The van der Waals surface area contributed by atoms with Gasteiger partial charge in [-0.15, -0.1) is 0 Å². The van der Waals surface area contributed by atoms with Crippen LogP contribution in [0.1, 0.15) is 35.6 Å². The second-order valence-corrected chi connectivity index (χ2v) is 6.89. The predicted molar refractivity (Wildman–Crippen MR) is 103 cm³/mol. The fourth-order valence-corrected chi connectivity index (χ4v) is 3.32. The molecule has 2 amide bonds. The third kappa shape index (κ3) is 4.03. The molecule has 1 N–H and O–H groups in total. The van der Waals surface area contributed by atoms with E-state index in [0.29, 0.717) is 30.3 Å². The lowest BCUT2D eigenvalue weighted by molar-refractivity contribution is 0.219. The van der Waals surface area contributed by atoms with Crippen LogP contribution in [0.15, 0.2) is 51.6 Å². The number of anilines is 1. The highest BCUT2D eigenvalue weighted by molar-refractivity contribution is 5.90. The van der Waals surface area contributed by atoms with Crippen molar-refractivity contribution in [2.24, 2.45) is 0 Å². The van der Waals surface area contributed by atoms with E-state index in [9.17, 15) is 4.79 Å². The molecule has 4 rings (SSSR count). The second kappa shape index (κ2) is 8.21. The molecule has 0 saturated carbocycles. The monoisotopic (exact) mass is 381 g/mol. The Bertz CT molecular complexity index is 933. The zero-order valence-electron chi connectivity index (χ0n) is 15.8. The minimum atomic E-state index is -0.235. The standard InChI is InChI=1S/C21H23N3O4/c1-24(13-18-16-8-2-4-10-19(16)28-23-18)21(25)22-17-9-3-5-11-20(17)27-14-15-7-6-12-26-15/h3,5-7,9,11-12H,2,4,8,10,13-14H2,1H3,(H,22,25). The Balaban J connectivity index is 1.39. The van der Waals surface area contributed by atoms with Crippen LogP contribution in [0, 0.1) is 0 Å². The van der Waals surface area contributed by atoms with Gasteiger partial charge in [-0.2, -0.15) is 0 Å². The first kappa shape index (κ1) is 18.2. The summed E-state index contributed by atoms with van der Waals surface area (Å²) in [5, 5.41) is 7.08. The van der Waals surface area contributed by atoms with Crippen LogP contribution in [-0.4, -0.2) is 23.1 Å². The summed E-state index contributed by atoms with van der Waals surface area (Å²) in [5.74, 6) is 2.26. The maximum absolute atomic E-state index is 12.7. The number of carbonyl (C=O) groups is 1. The summed E-state index contributed by atoms with van der Waals surface area (Å²) in [5.41, 5.74) is 2.61. The highest BCUT2D eigenvalue weighted by Crippen LogP contribution is 2.27. The third-order valence-corrected chi connectivity index (χ3v) is 4.84. The lowest BCUT2D eigenvalue weighted by Gasteiger charge is -2.19. The summed E-state index contributed by atoms with van der Waals surface area (Å²) in [6.07, 6.45) is 5.76. The van der Waals surface area contributed by atoms with Crippen LogP contribution in [-0.2, 0) is 26.0 Å². The van der Waals surface area contributed by atoms with Crippen LogP contribution < -0.4 is 10.1 Å². The van der Waals surface area contributed by atoms with Crippen molar-refractivity contribution in [3.05, 3.63) is 65.4 Å². The Labute approximate surface area is 163 Å². The molecule has 28 heavy (non-hydrogen) atoms. The summed E-state index contributed by atoms with van der Waals surface area (Å²) in [7, 11) is 1.74. The van der Waals surface area contributed by atoms with Crippen molar-refractivity contribution in [1.82, 2.24) is 10.1 Å². The largest absolute Gasteiger partial charge is 0.483 e. The lowest BCUT2D eigenvalue weighted by atomic mass is 9.96. The van der Waals surface area contributed by atoms with E-state index >= 15 is 0 Å². The van der Waals surface area contributed by atoms with E-state index in [0.717, 1.165) is 42.7 Å². The van der Waals surface area contributed by atoms with Crippen molar-refractivity contribution in [3.8, 4) is 5.75 Å². The Morgan fingerprint density at radius 3 is 2.93 bits per heavy atom. The number of urea groups is 1. The second-order valence-electron chi connectivity index (χ2n) is 6.89. The molecule has 3 aromatic rings.